The van der Waals surface area contributed by atoms with Crippen molar-refractivity contribution >= 4 is 0 Å². The van der Waals surface area contributed by atoms with E-state index in [1.807, 2.05) is 0 Å². The van der Waals surface area contributed by atoms with Gasteiger partial charge in [-0.25, -0.2) is 0 Å². The van der Waals surface area contributed by atoms with Crippen molar-refractivity contribution in [1.82, 2.24) is 0 Å². The average molecular weight is 296 g/mol. The molecule has 0 aromatic carbocycles. The number of aliphatic hydroxyl groups excluding tert-OH is 4. The smallest absolute Gasteiger partial charge is 0.0779 e. The highest BCUT2D eigenvalue weighted by molar-refractivity contribution is 4.47. The molecule has 0 bridgehead atoms. The molecule has 0 spiro atoms. The van der Waals surface area contributed by atoms with Gasteiger partial charge in [-0.05, 0) is 39.5 Å². The van der Waals surface area contributed by atoms with Gasteiger partial charge in [0, 0.05) is 26.4 Å². The number of rotatable bonds is 12. The highest BCUT2D eigenvalue weighted by atomic mass is 16.5. The summed E-state index contributed by atoms with van der Waals surface area (Å²) in [6.07, 6.45) is 2.88. The number of unbranched alkanes of at least 4 members (excludes halogenated alkanes) is 2. The lowest BCUT2D eigenvalue weighted by Crippen LogP contribution is -2.19. The second kappa shape index (κ2) is 18.8. The van der Waals surface area contributed by atoms with Gasteiger partial charge in [0.2, 0.25) is 0 Å². The summed E-state index contributed by atoms with van der Waals surface area (Å²) in [6, 6.07) is 0. The maximum absolute atomic E-state index is 8.69. The second-order valence-electron chi connectivity index (χ2n) is 4.65. The van der Waals surface area contributed by atoms with E-state index < -0.39 is 6.10 Å². The normalized spacial score (nSPS) is 13.5. The van der Waals surface area contributed by atoms with Crippen molar-refractivity contribution in [2.24, 2.45) is 0 Å². The zero-order chi connectivity index (χ0) is 15.6. The van der Waals surface area contributed by atoms with Crippen molar-refractivity contribution in [2.75, 3.05) is 39.6 Å². The molecule has 0 fully saturated rings. The predicted molar refractivity (Wildman–Crippen MR) is 77.6 cm³/mol. The molecule has 0 amide bonds. The van der Waals surface area contributed by atoms with Crippen molar-refractivity contribution in [1.29, 1.82) is 0 Å². The van der Waals surface area contributed by atoms with Crippen molar-refractivity contribution in [2.45, 2.75) is 51.7 Å². The van der Waals surface area contributed by atoms with E-state index in [0.717, 1.165) is 38.9 Å². The topological polar surface area (TPSA) is 99.4 Å². The van der Waals surface area contributed by atoms with Crippen LogP contribution in [0.5, 0.6) is 0 Å². The first-order valence-corrected chi connectivity index (χ1v) is 7.28. The van der Waals surface area contributed by atoms with Gasteiger partial charge in [-0.3, -0.25) is 0 Å². The standard InChI is InChI=1S/C8H18O3.C6H14O3/c9-5-1-3-7-11-8-4-2-6-10;1-5(8)4-9-6(2)3-7/h9-10H,1-8H2;5-8H,3-4H2,1-2H3. The molecule has 0 aliphatic heterocycles. The van der Waals surface area contributed by atoms with E-state index in [9.17, 15) is 0 Å². The minimum Gasteiger partial charge on any atom is -0.396 e. The molecule has 0 rings (SSSR count). The Morgan fingerprint density at radius 1 is 0.850 bits per heavy atom. The average Bonchev–Trinajstić information content (AvgIpc) is 2.44. The fourth-order valence-electron chi connectivity index (χ4n) is 1.09. The summed E-state index contributed by atoms with van der Waals surface area (Å²) in [4.78, 5) is 0. The Labute approximate surface area is 122 Å². The van der Waals surface area contributed by atoms with Gasteiger partial charge in [-0.1, -0.05) is 0 Å². The van der Waals surface area contributed by atoms with Gasteiger partial charge >= 0.3 is 0 Å². The zero-order valence-corrected chi connectivity index (χ0v) is 12.8. The fourth-order valence-corrected chi connectivity index (χ4v) is 1.09. The van der Waals surface area contributed by atoms with Crippen molar-refractivity contribution in [3.8, 4) is 0 Å². The quantitative estimate of drug-likeness (QED) is 0.387. The minimum atomic E-state index is -0.445. The first-order chi connectivity index (χ1) is 9.58. The van der Waals surface area contributed by atoms with Crippen LogP contribution in [0.3, 0.4) is 0 Å². The SMILES string of the molecule is CC(O)COC(C)CO.OCCCCOCCCCO. The molecule has 0 aliphatic carbocycles. The largest absolute Gasteiger partial charge is 0.396 e. The predicted octanol–water partition coefficient (Wildman–Crippen LogP) is 0.313. The third-order valence-electron chi connectivity index (χ3n) is 2.27. The van der Waals surface area contributed by atoms with Gasteiger partial charge in [0.05, 0.1) is 25.4 Å². The van der Waals surface area contributed by atoms with E-state index in [2.05, 4.69) is 0 Å². The van der Waals surface area contributed by atoms with Crippen LogP contribution in [0.1, 0.15) is 39.5 Å². The van der Waals surface area contributed by atoms with E-state index in [1.165, 1.54) is 0 Å². The molecule has 20 heavy (non-hydrogen) atoms. The highest BCUT2D eigenvalue weighted by Crippen LogP contribution is 1.92. The minimum absolute atomic E-state index is 0.00667. The Hall–Kier alpha value is -0.240. The molecule has 2 atom stereocenters. The lowest BCUT2D eigenvalue weighted by atomic mass is 10.3. The third kappa shape index (κ3) is 22.9. The van der Waals surface area contributed by atoms with E-state index in [1.54, 1.807) is 13.8 Å². The molecule has 0 aromatic rings. The molecule has 0 saturated heterocycles. The van der Waals surface area contributed by atoms with Gasteiger partial charge in [0.15, 0.2) is 0 Å². The molecule has 6 heteroatoms. The maximum Gasteiger partial charge on any atom is 0.0779 e. The van der Waals surface area contributed by atoms with Gasteiger partial charge in [-0.15, -0.1) is 0 Å². The van der Waals surface area contributed by atoms with Crippen LogP contribution in [0, 0.1) is 0 Å². The molecule has 124 valence electrons. The van der Waals surface area contributed by atoms with Crippen LogP contribution in [-0.2, 0) is 9.47 Å². The van der Waals surface area contributed by atoms with E-state index in [4.69, 9.17) is 29.9 Å². The van der Waals surface area contributed by atoms with Crippen molar-refractivity contribution in [3.63, 3.8) is 0 Å². The van der Waals surface area contributed by atoms with E-state index >= 15 is 0 Å². The molecule has 0 heterocycles. The van der Waals surface area contributed by atoms with Gasteiger partial charge in [0.1, 0.15) is 0 Å². The van der Waals surface area contributed by atoms with Gasteiger partial charge < -0.3 is 29.9 Å². The van der Waals surface area contributed by atoms with Crippen molar-refractivity contribution < 1.29 is 29.9 Å². The third-order valence-corrected chi connectivity index (χ3v) is 2.27. The molecule has 0 radical (unpaired) electrons. The first-order valence-electron chi connectivity index (χ1n) is 7.28. The highest BCUT2D eigenvalue weighted by Gasteiger charge is 2.00. The lowest BCUT2D eigenvalue weighted by Gasteiger charge is -2.10. The Bertz CT molecular complexity index is 158. The molecule has 2 unspecified atom stereocenters. The van der Waals surface area contributed by atoms with E-state index in [0.29, 0.717) is 6.61 Å². The van der Waals surface area contributed by atoms with Crippen LogP contribution >= 0.6 is 0 Å². The Kier molecular flexibility index (Phi) is 20.7. The summed E-state index contributed by atoms with van der Waals surface area (Å²) < 4.78 is 10.2. The summed E-state index contributed by atoms with van der Waals surface area (Å²) in [5.41, 5.74) is 0. The van der Waals surface area contributed by atoms with Crippen LogP contribution in [-0.4, -0.2) is 72.3 Å². The van der Waals surface area contributed by atoms with E-state index in [-0.39, 0.29) is 25.9 Å². The summed E-state index contributed by atoms with van der Waals surface area (Å²) >= 11 is 0. The molecule has 0 saturated carbocycles. The Morgan fingerprint density at radius 3 is 1.70 bits per heavy atom. The van der Waals surface area contributed by atoms with Crippen LogP contribution in [0.25, 0.3) is 0 Å². The molecule has 0 aliphatic rings. The lowest BCUT2D eigenvalue weighted by molar-refractivity contribution is -0.0177. The second-order valence-corrected chi connectivity index (χ2v) is 4.65. The van der Waals surface area contributed by atoms with Crippen LogP contribution in [0.15, 0.2) is 0 Å². The molecule has 4 N–H and O–H groups in total. The summed E-state index contributed by atoms with van der Waals surface area (Å²) in [6.45, 7) is 5.65. The maximum atomic E-state index is 8.69. The van der Waals surface area contributed by atoms with Crippen LogP contribution in [0.2, 0.25) is 0 Å². The Balaban J connectivity index is 0. The first kappa shape index (κ1) is 22.0. The molecular weight excluding hydrogens is 264 g/mol. The summed E-state index contributed by atoms with van der Waals surface area (Å²) in [5, 5.41) is 34.0. The molecule has 0 aromatic heterocycles. The van der Waals surface area contributed by atoms with Gasteiger partial charge in [-0.2, -0.15) is 0 Å². The molecule has 6 nitrogen and oxygen atoms in total. The number of ether oxygens (including phenoxy) is 2. The number of hydrogen-bond acceptors (Lipinski definition) is 6. The zero-order valence-electron chi connectivity index (χ0n) is 12.8. The molecular formula is C14H32O6. The van der Waals surface area contributed by atoms with Crippen molar-refractivity contribution in [3.05, 3.63) is 0 Å². The van der Waals surface area contributed by atoms with Crippen LogP contribution < -0.4 is 0 Å². The Morgan fingerprint density at radius 2 is 1.35 bits per heavy atom. The van der Waals surface area contributed by atoms with Gasteiger partial charge in [0.25, 0.3) is 0 Å². The number of aliphatic hydroxyl groups is 4. The monoisotopic (exact) mass is 296 g/mol. The summed E-state index contributed by atoms with van der Waals surface area (Å²) in [5.74, 6) is 0. The van der Waals surface area contributed by atoms with Crippen LogP contribution in [0.4, 0.5) is 0 Å². The number of hydrogen-bond donors (Lipinski definition) is 4. The fraction of sp³-hybridized carbons (Fsp3) is 1.00. The summed E-state index contributed by atoms with van der Waals surface area (Å²) in [7, 11) is 0.